The van der Waals surface area contributed by atoms with Gasteiger partial charge in [-0.25, -0.2) is 0 Å². The lowest BCUT2D eigenvalue weighted by molar-refractivity contribution is 0.0838. The van der Waals surface area contributed by atoms with Crippen LogP contribution in [0.2, 0.25) is 0 Å². The largest absolute Gasteiger partial charge is 0.394 e. The van der Waals surface area contributed by atoms with E-state index in [0.717, 1.165) is 4.88 Å². The van der Waals surface area contributed by atoms with Gasteiger partial charge < -0.3 is 14.9 Å². The van der Waals surface area contributed by atoms with E-state index in [4.69, 9.17) is 4.52 Å². The first-order valence-electron chi connectivity index (χ1n) is 6.02. The maximum absolute atomic E-state index is 12.0. The van der Waals surface area contributed by atoms with Crippen molar-refractivity contribution in [1.82, 2.24) is 10.5 Å². The van der Waals surface area contributed by atoms with Gasteiger partial charge in [-0.2, -0.15) is 0 Å². The molecule has 2 N–H and O–H groups in total. The van der Waals surface area contributed by atoms with Crippen LogP contribution in [0.15, 0.2) is 28.1 Å². The summed E-state index contributed by atoms with van der Waals surface area (Å²) < 4.78 is 5.15. The number of amides is 1. The van der Waals surface area contributed by atoms with Crippen molar-refractivity contribution in [1.29, 1.82) is 0 Å². The molecule has 0 bridgehead atoms. The van der Waals surface area contributed by atoms with Crippen LogP contribution < -0.4 is 5.32 Å². The quantitative estimate of drug-likeness (QED) is 0.881. The first-order chi connectivity index (χ1) is 9.08. The summed E-state index contributed by atoms with van der Waals surface area (Å²) in [6, 6.07) is 5.41. The van der Waals surface area contributed by atoms with E-state index in [0.29, 0.717) is 12.2 Å². The topological polar surface area (TPSA) is 75.4 Å². The number of nitrogens with one attached hydrogen (secondary N) is 1. The maximum atomic E-state index is 12.0. The fourth-order valence-electron chi connectivity index (χ4n) is 1.49. The van der Waals surface area contributed by atoms with Crippen LogP contribution in [0.25, 0.3) is 10.6 Å². The number of hydrogen-bond donors (Lipinski definition) is 2. The lowest BCUT2D eigenvalue weighted by Gasteiger charge is -2.26. The molecule has 2 heterocycles. The summed E-state index contributed by atoms with van der Waals surface area (Å²) in [4.78, 5) is 12.9. The van der Waals surface area contributed by atoms with Gasteiger partial charge in [0.1, 0.15) is 0 Å². The molecule has 1 atom stereocenters. The Hall–Kier alpha value is -1.66. The van der Waals surface area contributed by atoms with Crippen molar-refractivity contribution in [2.24, 2.45) is 0 Å². The maximum Gasteiger partial charge on any atom is 0.273 e. The van der Waals surface area contributed by atoms with Gasteiger partial charge in [-0.15, -0.1) is 11.3 Å². The van der Waals surface area contributed by atoms with Crippen molar-refractivity contribution in [2.45, 2.75) is 25.8 Å². The molecule has 0 saturated carbocycles. The lowest BCUT2D eigenvalue weighted by Crippen LogP contribution is -2.48. The highest BCUT2D eigenvalue weighted by atomic mass is 32.1. The van der Waals surface area contributed by atoms with E-state index in [-0.39, 0.29) is 18.2 Å². The van der Waals surface area contributed by atoms with Gasteiger partial charge in [0.25, 0.3) is 5.91 Å². The number of carbonyl (C=O) groups is 1. The van der Waals surface area contributed by atoms with Crippen LogP contribution in [0.4, 0.5) is 0 Å². The summed E-state index contributed by atoms with van der Waals surface area (Å²) in [5.41, 5.74) is -0.421. The Labute approximate surface area is 115 Å². The summed E-state index contributed by atoms with van der Waals surface area (Å²) in [5.74, 6) is 0.229. The first-order valence-corrected chi connectivity index (χ1v) is 6.90. The highest BCUT2D eigenvalue weighted by Gasteiger charge is 2.25. The van der Waals surface area contributed by atoms with E-state index >= 15 is 0 Å². The van der Waals surface area contributed by atoms with Crippen LogP contribution in [0.3, 0.4) is 0 Å². The van der Waals surface area contributed by atoms with Gasteiger partial charge in [0.05, 0.1) is 17.0 Å². The van der Waals surface area contributed by atoms with Crippen LogP contribution in [-0.4, -0.2) is 28.3 Å². The Kier molecular flexibility index (Phi) is 4.01. The van der Waals surface area contributed by atoms with Crippen LogP contribution in [0, 0.1) is 0 Å². The Morgan fingerprint density at radius 3 is 3.00 bits per heavy atom. The molecule has 2 aromatic rings. The van der Waals surface area contributed by atoms with Crippen molar-refractivity contribution in [2.75, 3.05) is 6.61 Å². The molecule has 0 radical (unpaired) electrons. The minimum Gasteiger partial charge on any atom is -0.394 e. The van der Waals surface area contributed by atoms with Crippen LogP contribution in [0.5, 0.6) is 0 Å². The molecule has 1 amide bonds. The summed E-state index contributed by atoms with van der Waals surface area (Å²) in [6.45, 7) is 3.56. The Bertz CT molecular complexity index is 544. The molecule has 0 saturated heterocycles. The van der Waals surface area contributed by atoms with Crippen molar-refractivity contribution >= 4 is 17.2 Å². The molecule has 6 heteroatoms. The zero-order valence-corrected chi connectivity index (χ0v) is 11.7. The average Bonchev–Trinajstić information content (AvgIpc) is 3.08. The number of nitrogens with zero attached hydrogens (tertiary/aromatic N) is 1. The van der Waals surface area contributed by atoms with E-state index in [1.54, 1.807) is 13.0 Å². The molecular weight excluding hydrogens is 264 g/mol. The number of thiophene rings is 1. The molecule has 0 aliphatic heterocycles. The van der Waals surface area contributed by atoms with E-state index < -0.39 is 5.54 Å². The Morgan fingerprint density at radius 2 is 2.42 bits per heavy atom. The molecule has 2 aromatic heterocycles. The predicted molar refractivity (Wildman–Crippen MR) is 73.1 cm³/mol. The number of aromatic nitrogens is 1. The molecule has 5 nitrogen and oxygen atoms in total. The first kappa shape index (κ1) is 13.8. The number of aliphatic hydroxyl groups is 1. The molecule has 0 spiro atoms. The molecule has 1 unspecified atom stereocenters. The van der Waals surface area contributed by atoms with Crippen molar-refractivity contribution in [3.63, 3.8) is 0 Å². The fourth-order valence-corrected chi connectivity index (χ4v) is 2.17. The van der Waals surface area contributed by atoms with E-state index in [1.165, 1.54) is 11.3 Å². The smallest absolute Gasteiger partial charge is 0.273 e. The summed E-state index contributed by atoms with van der Waals surface area (Å²) in [6.07, 6.45) is 0.630. The zero-order valence-electron chi connectivity index (χ0n) is 10.8. The van der Waals surface area contributed by atoms with Gasteiger partial charge in [-0.3, -0.25) is 4.79 Å². The zero-order chi connectivity index (χ0) is 13.9. The Morgan fingerprint density at radius 1 is 1.63 bits per heavy atom. The minimum atomic E-state index is -0.640. The Balaban J connectivity index is 2.13. The average molecular weight is 280 g/mol. The van der Waals surface area contributed by atoms with Gasteiger partial charge in [0.15, 0.2) is 11.5 Å². The van der Waals surface area contributed by atoms with Gasteiger partial charge in [-0.1, -0.05) is 18.1 Å². The monoisotopic (exact) mass is 280 g/mol. The third-order valence-electron chi connectivity index (χ3n) is 3.05. The van der Waals surface area contributed by atoms with Gasteiger partial charge in [-0.05, 0) is 24.8 Å². The standard InChI is InChI=1S/C13H16N2O3S/c1-3-13(2,8-16)14-12(17)9-7-10(18-15-9)11-5-4-6-19-11/h4-7,16H,3,8H2,1-2H3,(H,14,17). The molecule has 0 aliphatic carbocycles. The normalized spacial score (nSPS) is 14.1. The molecule has 19 heavy (non-hydrogen) atoms. The second kappa shape index (κ2) is 5.54. The van der Waals surface area contributed by atoms with Gasteiger partial charge in [0.2, 0.25) is 0 Å². The third-order valence-corrected chi connectivity index (χ3v) is 3.94. The van der Waals surface area contributed by atoms with E-state index in [1.807, 2.05) is 24.4 Å². The van der Waals surface area contributed by atoms with Crippen LogP contribution in [0.1, 0.15) is 30.8 Å². The minimum absolute atomic E-state index is 0.120. The summed E-state index contributed by atoms with van der Waals surface area (Å²) >= 11 is 1.52. The van der Waals surface area contributed by atoms with Gasteiger partial charge in [0, 0.05) is 6.07 Å². The highest BCUT2D eigenvalue weighted by molar-refractivity contribution is 7.13. The summed E-state index contributed by atoms with van der Waals surface area (Å²) in [5, 5.41) is 17.7. The SMILES string of the molecule is CCC(C)(CO)NC(=O)c1cc(-c2cccs2)on1. The number of rotatable bonds is 5. The second-order valence-corrected chi connectivity index (χ2v) is 5.53. The number of aliphatic hydroxyl groups excluding tert-OH is 1. The molecule has 2 rings (SSSR count). The molecule has 0 aromatic carbocycles. The van der Waals surface area contributed by atoms with Crippen LogP contribution >= 0.6 is 11.3 Å². The molecule has 0 fully saturated rings. The van der Waals surface area contributed by atoms with E-state index in [9.17, 15) is 9.90 Å². The molecule has 0 aliphatic rings. The van der Waals surface area contributed by atoms with Crippen molar-refractivity contribution in [3.8, 4) is 10.6 Å². The fraction of sp³-hybridized carbons (Fsp3) is 0.385. The van der Waals surface area contributed by atoms with Gasteiger partial charge >= 0.3 is 0 Å². The highest BCUT2D eigenvalue weighted by Crippen LogP contribution is 2.25. The van der Waals surface area contributed by atoms with E-state index in [2.05, 4.69) is 10.5 Å². The summed E-state index contributed by atoms with van der Waals surface area (Å²) in [7, 11) is 0. The van der Waals surface area contributed by atoms with Crippen LogP contribution in [-0.2, 0) is 0 Å². The molecular formula is C13H16N2O3S. The third kappa shape index (κ3) is 3.02. The number of hydrogen-bond acceptors (Lipinski definition) is 5. The van der Waals surface area contributed by atoms with Crippen molar-refractivity contribution < 1.29 is 14.4 Å². The lowest BCUT2D eigenvalue weighted by atomic mass is 10.00. The second-order valence-electron chi connectivity index (χ2n) is 4.58. The predicted octanol–water partition coefficient (Wildman–Crippen LogP) is 2.29. The number of carbonyl (C=O) groups excluding carboxylic acids is 1. The molecule has 102 valence electrons. The van der Waals surface area contributed by atoms with Crippen molar-refractivity contribution in [3.05, 3.63) is 29.3 Å².